The fraction of sp³-hybridized carbons (Fsp3) is 0.263. The third-order valence-electron chi connectivity index (χ3n) is 4.65. The maximum Gasteiger partial charge on any atom is 0.171 e. The van der Waals surface area contributed by atoms with E-state index in [1.165, 1.54) is 24.5 Å². The van der Waals surface area contributed by atoms with E-state index in [-0.39, 0.29) is 34.8 Å². The highest BCUT2D eigenvalue weighted by Crippen LogP contribution is 2.36. The molecule has 1 fully saturated rings. The van der Waals surface area contributed by atoms with Gasteiger partial charge in [-0.05, 0) is 31.4 Å². The van der Waals surface area contributed by atoms with Crippen molar-refractivity contribution in [3.63, 3.8) is 0 Å². The van der Waals surface area contributed by atoms with E-state index < -0.39 is 11.6 Å². The Morgan fingerprint density at radius 3 is 2.76 bits per heavy atom. The third kappa shape index (κ3) is 4.00. The van der Waals surface area contributed by atoms with Gasteiger partial charge in [0.15, 0.2) is 23.1 Å². The zero-order valence-corrected chi connectivity index (χ0v) is 15.2. The van der Waals surface area contributed by atoms with Gasteiger partial charge in [0, 0.05) is 12.1 Å². The van der Waals surface area contributed by atoms with E-state index in [9.17, 15) is 8.78 Å². The van der Waals surface area contributed by atoms with Gasteiger partial charge in [-0.3, -0.25) is 5.10 Å². The molecule has 0 spiro atoms. The lowest BCUT2D eigenvalue weighted by molar-refractivity contribution is 0.208. The summed E-state index contributed by atoms with van der Waals surface area (Å²) in [6, 6.07) is 5.86. The normalized spacial score (nSPS) is 18.4. The Labute approximate surface area is 164 Å². The van der Waals surface area contributed by atoms with Crippen molar-refractivity contribution < 1.29 is 13.5 Å². The van der Waals surface area contributed by atoms with Gasteiger partial charge in [0.1, 0.15) is 23.7 Å². The fourth-order valence-corrected chi connectivity index (χ4v) is 3.24. The van der Waals surface area contributed by atoms with Crippen LogP contribution in [-0.4, -0.2) is 32.3 Å². The lowest BCUT2D eigenvalue weighted by Crippen LogP contribution is -2.19. The van der Waals surface area contributed by atoms with Crippen LogP contribution in [0.15, 0.2) is 30.6 Å². The Balaban J connectivity index is 1.60. The molecule has 2 heterocycles. The zero-order chi connectivity index (χ0) is 20.4. The van der Waals surface area contributed by atoms with E-state index in [2.05, 4.69) is 25.5 Å². The zero-order valence-electron chi connectivity index (χ0n) is 15.2. The number of rotatable bonds is 5. The van der Waals surface area contributed by atoms with Crippen LogP contribution in [0.4, 0.5) is 20.4 Å². The lowest BCUT2D eigenvalue weighted by Gasteiger charge is -2.17. The highest BCUT2D eigenvalue weighted by Gasteiger charge is 2.26. The first-order valence-electron chi connectivity index (χ1n) is 8.98. The second-order valence-corrected chi connectivity index (χ2v) is 6.74. The van der Waals surface area contributed by atoms with Crippen molar-refractivity contribution in [2.75, 3.05) is 5.32 Å². The van der Waals surface area contributed by atoms with Crippen LogP contribution in [0, 0.1) is 23.0 Å². The molecule has 0 saturated heterocycles. The highest BCUT2D eigenvalue weighted by atomic mass is 19.2. The van der Waals surface area contributed by atoms with Crippen LogP contribution < -0.4 is 15.8 Å². The Bertz CT molecular complexity index is 1060. The lowest BCUT2D eigenvalue weighted by atomic mass is 10.1. The molecule has 0 unspecified atom stereocenters. The van der Waals surface area contributed by atoms with Crippen molar-refractivity contribution in [1.29, 1.82) is 5.26 Å². The SMILES string of the molecule is N#Cc1cnc(Nc2cc(-c3c(O[C@@H]4CC[C@H](N)C4)ccc(F)c3F)[nH]n2)cn1. The Morgan fingerprint density at radius 1 is 1.21 bits per heavy atom. The number of benzene rings is 1. The first-order chi connectivity index (χ1) is 14.0. The first kappa shape index (κ1) is 18.8. The maximum absolute atomic E-state index is 14.6. The minimum Gasteiger partial charge on any atom is -0.490 e. The summed E-state index contributed by atoms with van der Waals surface area (Å²) >= 11 is 0. The molecule has 1 saturated carbocycles. The van der Waals surface area contributed by atoms with Crippen LogP contribution in [-0.2, 0) is 0 Å². The summed E-state index contributed by atoms with van der Waals surface area (Å²) in [6.45, 7) is 0. The fourth-order valence-electron chi connectivity index (χ4n) is 3.24. The van der Waals surface area contributed by atoms with Crippen molar-refractivity contribution in [3.05, 3.63) is 47.9 Å². The van der Waals surface area contributed by atoms with E-state index in [0.29, 0.717) is 18.1 Å². The van der Waals surface area contributed by atoms with Gasteiger partial charge in [0.05, 0.1) is 23.7 Å². The summed E-state index contributed by atoms with van der Waals surface area (Å²) in [5.74, 6) is -1.14. The standard InChI is InChI=1S/C19H17F2N7O/c20-13-3-4-15(29-12-2-1-10(23)5-12)18(19(13)21)14-6-16(28-27-14)26-17-9-24-11(7-22)8-25-17/h3-4,6,8-10,12H,1-2,5,23H2,(H2,25,26,27,28)/t10-,12+/m0/s1. The summed E-state index contributed by atoms with van der Waals surface area (Å²) < 4.78 is 34.4. The van der Waals surface area contributed by atoms with Gasteiger partial charge in [-0.1, -0.05) is 0 Å². The summed E-state index contributed by atoms with van der Waals surface area (Å²) in [4.78, 5) is 7.93. The monoisotopic (exact) mass is 397 g/mol. The Kier molecular flexibility index (Phi) is 5.05. The van der Waals surface area contributed by atoms with Crippen molar-refractivity contribution in [2.45, 2.75) is 31.4 Å². The van der Waals surface area contributed by atoms with E-state index in [0.717, 1.165) is 18.9 Å². The molecule has 2 aromatic heterocycles. The van der Waals surface area contributed by atoms with Crippen molar-refractivity contribution in [1.82, 2.24) is 20.2 Å². The van der Waals surface area contributed by atoms with E-state index in [4.69, 9.17) is 15.7 Å². The molecule has 0 bridgehead atoms. The van der Waals surface area contributed by atoms with Crippen LogP contribution in [0.5, 0.6) is 5.75 Å². The largest absolute Gasteiger partial charge is 0.490 e. The molecule has 4 rings (SSSR count). The smallest absolute Gasteiger partial charge is 0.171 e. The molecule has 1 aliphatic rings. The number of nitrogens with two attached hydrogens (primary N) is 1. The van der Waals surface area contributed by atoms with Crippen LogP contribution >= 0.6 is 0 Å². The number of nitrogens with one attached hydrogen (secondary N) is 2. The number of nitriles is 1. The number of hydrogen-bond donors (Lipinski definition) is 3. The molecule has 0 aliphatic heterocycles. The maximum atomic E-state index is 14.6. The summed E-state index contributed by atoms with van der Waals surface area (Å²) in [5.41, 5.74) is 6.28. The number of H-pyrrole nitrogens is 1. The third-order valence-corrected chi connectivity index (χ3v) is 4.65. The second kappa shape index (κ2) is 7.81. The molecule has 1 aromatic carbocycles. The molecule has 29 heavy (non-hydrogen) atoms. The number of aromatic nitrogens is 4. The molecule has 0 radical (unpaired) electrons. The molecule has 2 atom stereocenters. The second-order valence-electron chi connectivity index (χ2n) is 6.74. The Hall–Kier alpha value is -3.58. The van der Waals surface area contributed by atoms with Crippen LogP contribution in [0.2, 0.25) is 0 Å². The Morgan fingerprint density at radius 2 is 2.07 bits per heavy atom. The van der Waals surface area contributed by atoms with Crippen LogP contribution in [0.1, 0.15) is 25.0 Å². The number of hydrogen-bond acceptors (Lipinski definition) is 7. The van der Waals surface area contributed by atoms with Crippen molar-refractivity contribution in [2.24, 2.45) is 5.73 Å². The topological polar surface area (TPSA) is 126 Å². The van der Waals surface area contributed by atoms with E-state index >= 15 is 0 Å². The van der Waals surface area contributed by atoms with Gasteiger partial charge in [-0.15, -0.1) is 0 Å². The molecule has 10 heteroatoms. The van der Waals surface area contributed by atoms with Gasteiger partial charge in [0.2, 0.25) is 0 Å². The average Bonchev–Trinajstić information content (AvgIpc) is 3.34. The molecule has 4 N–H and O–H groups in total. The summed E-state index contributed by atoms with van der Waals surface area (Å²) in [6.07, 6.45) is 4.77. The average molecular weight is 397 g/mol. The van der Waals surface area contributed by atoms with Gasteiger partial charge >= 0.3 is 0 Å². The van der Waals surface area contributed by atoms with E-state index in [1.54, 1.807) is 0 Å². The summed E-state index contributed by atoms with van der Waals surface area (Å²) in [7, 11) is 0. The van der Waals surface area contributed by atoms with Crippen molar-refractivity contribution in [3.8, 4) is 23.1 Å². The molecule has 8 nitrogen and oxygen atoms in total. The molecule has 148 valence electrons. The van der Waals surface area contributed by atoms with Crippen LogP contribution in [0.3, 0.4) is 0 Å². The predicted molar refractivity (Wildman–Crippen MR) is 100 cm³/mol. The minimum absolute atomic E-state index is 0.0445. The number of ether oxygens (including phenoxy) is 1. The highest BCUT2D eigenvalue weighted by molar-refractivity contribution is 5.71. The first-order valence-corrected chi connectivity index (χ1v) is 8.98. The number of aromatic amines is 1. The molecular formula is C19H17F2N7O. The molecule has 3 aromatic rings. The minimum atomic E-state index is -1.03. The molecular weight excluding hydrogens is 380 g/mol. The molecule has 1 aliphatic carbocycles. The van der Waals surface area contributed by atoms with Crippen LogP contribution in [0.25, 0.3) is 11.3 Å². The van der Waals surface area contributed by atoms with E-state index in [1.807, 2.05) is 6.07 Å². The van der Waals surface area contributed by atoms with Gasteiger partial charge in [0.25, 0.3) is 0 Å². The predicted octanol–water partition coefficient (Wildman–Crippen LogP) is 3.02. The van der Waals surface area contributed by atoms with Gasteiger partial charge < -0.3 is 15.8 Å². The number of nitrogens with zero attached hydrogens (tertiary/aromatic N) is 4. The van der Waals surface area contributed by atoms with Crippen molar-refractivity contribution >= 4 is 11.6 Å². The summed E-state index contributed by atoms with van der Waals surface area (Å²) in [5, 5.41) is 18.4. The van der Waals surface area contributed by atoms with Gasteiger partial charge in [-0.2, -0.15) is 10.4 Å². The number of anilines is 2. The molecule has 0 amide bonds. The quantitative estimate of drug-likeness (QED) is 0.604. The van der Waals surface area contributed by atoms with Gasteiger partial charge in [-0.25, -0.2) is 18.7 Å². The number of halogens is 2.